The van der Waals surface area contributed by atoms with Crippen LogP contribution in [0.3, 0.4) is 0 Å². The van der Waals surface area contributed by atoms with Crippen LogP contribution in [0.2, 0.25) is 0 Å². The maximum absolute atomic E-state index is 10.6. The molecule has 0 unspecified atom stereocenters. The Labute approximate surface area is 102 Å². The minimum absolute atomic E-state index is 0.361. The van der Waals surface area contributed by atoms with Gasteiger partial charge in [-0.15, -0.1) is 0 Å². The number of benzene rings is 1. The number of carboxylic acid groups (broad SMARTS) is 1. The van der Waals surface area contributed by atoms with E-state index in [9.17, 15) is 4.79 Å². The van der Waals surface area contributed by atoms with Gasteiger partial charge in [-0.1, -0.05) is 26.0 Å². The van der Waals surface area contributed by atoms with Crippen molar-refractivity contribution >= 4 is 11.7 Å². The minimum atomic E-state index is -0.966. The third-order valence-electron chi connectivity index (χ3n) is 2.44. The van der Waals surface area contributed by atoms with Gasteiger partial charge in [-0.2, -0.15) is 0 Å². The van der Waals surface area contributed by atoms with Gasteiger partial charge in [0.25, 0.3) is 0 Å². The molecule has 1 aromatic rings. The van der Waals surface area contributed by atoms with Gasteiger partial charge >= 0.3 is 5.97 Å². The molecule has 1 atom stereocenters. The van der Waals surface area contributed by atoms with E-state index >= 15 is 0 Å². The normalized spacial score (nSPS) is 12.5. The fourth-order valence-corrected chi connectivity index (χ4v) is 1.42. The Hall–Kier alpha value is -1.55. The van der Waals surface area contributed by atoms with E-state index in [0.717, 1.165) is 17.8 Å². The molecule has 0 saturated carbocycles. The van der Waals surface area contributed by atoms with Crippen LogP contribution in [-0.4, -0.2) is 23.7 Å². The van der Waals surface area contributed by atoms with Crippen LogP contribution in [0.1, 0.15) is 19.4 Å². The van der Waals surface area contributed by atoms with Gasteiger partial charge in [-0.05, 0) is 30.0 Å². The minimum Gasteiger partial charge on any atom is -0.480 e. The molecule has 1 aromatic carbocycles. The van der Waals surface area contributed by atoms with Gasteiger partial charge in [0.05, 0.1) is 0 Å². The monoisotopic (exact) mass is 236 g/mol. The Morgan fingerprint density at radius 2 is 1.94 bits per heavy atom. The Balaban J connectivity index is 2.53. The standard InChI is InChI=1S/C13H20N2O2/c1-9(2)8-15-11-5-3-10(4-6-11)7-12(14)13(16)17/h3-6,9,12,15H,7-8,14H2,1-2H3,(H,16,17)/t12-/m0/s1. The Morgan fingerprint density at radius 3 is 2.41 bits per heavy atom. The SMILES string of the molecule is CC(C)CNc1ccc(C[C@H](N)C(=O)O)cc1. The fourth-order valence-electron chi connectivity index (χ4n) is 1.42. The summed E-state index contributed by atoms with van der Waals surface area (Å²) in [7, 11) is 0. The van der Waals surface area contributed by atoms with Crippen molar-refractivity contribution in [1.82, 2.24) is 0 Å². The maximum atomic E-state index is 10.6. The topological polar surface area (TPSA) is 75.3 Å². The van der Waals surface area contributed by atoms with Crippen LogP contribution in [0.4, 0.5) is 5.69 Å². The van der Waals surface area contributed by atoms with Crippen molar-refractivity contribution in [2.45, 2.75) is 26.3 Å². The number of aliphatic carboxylic acids is 1. The van der Waals surface area contributed by atoms with Crippen LogP contribution in [-0.2, 0) is 11.2 Å². The number of hydrogen-bond donors (Lipinski definition) is 3. The molecule has 17 heavy (non-hydrogen) atoms. The van der Waals surface area contributed by atoms with E-state index in [4.69, 9.17) is 10.8 Å². The zero-order valence-electron chi connectivity index (χ0n) is 10.3. The second-order valence-electron chi connectivity index (χ2n) is 4.62. The first-order chi connectivity index (χ1) is 7.99. The highest BCUT2D eigenvalue weighted by atomic mass is 16.4. The summed E-state index contributed by atoms with van der Waals surface area (Å²) in [4.78, 5) is 10.6. The number of anilines is 1. The van der Waals surface area contributed by atoms with Crippen LogP contribution in [0.15, 0.2) is 24.3 Å². The summed E-state index contributed by atoms with van der Waals surface area (Å²) in [5.74, 6) is -0.373. The van der Waals surface area contributed by atoms with Crippen molar-refractivity contribution in [3.05, 3.63) is 29.8 Å². The van der Waals surface area contributed by atoms with Gasteiger partial charge in [0.1, 0.15) is 6.04 Å². The molecular weight excluding hydrogens is 216 g/mol. The number of nitrogens with one attached hydrogen (secondary N) is 1. The Morgan fingerprint density at radius 1 is 1.35 bits per heavy atom. The molecule has 1 rings (SSSR count). The Bertz CT molecular complexity index is 360. The maximum Gasteiger partial charge on any atom is 0.320 e. The van der Waals surface area contributed by atoms with E-state index in [-0.39, 0.29) is 0 Å². The molecule has 0 spiro atoms. The summed E-state index contributed by atoms with van der Waals surface area (Å²) < 4.78 is 0. The lowest BCUT2D eigenvalue weighted by Crippen LogP contribution is -2.32. The molecule has 4 heteroatoms. The lowest BCUT2D eigenvalue weighted by molar-refractivity contribution is -0.138. The third-order valence-corrected chi connectivity index (χ3v) is 2.44. The molecule has 0 aliphatic heterocycles. The molecule has 0 radical (unpaired) electrons. The second kappa shape index (κ2) is 6.25. The van der Waals surface area contributed by atoms with Gasteiger partial charge in [0.2, 0.25) is 0 Å². The first kappa shape index (κ1) is 13.5. The third kappa shape index (κ3) is 4.87. The molecule has 0 aliphatic carbocycles. The zero-order valence-corrected chi connectivity index (χ0v) is 10.3. The smallest absolute Gasteiger partial charge is 0.320 e. The number of hydrogen-bond acceptors (Lipinski definition) is 3. The van der Waals surface area contributed by atoms with E-state index in [1.165, 1.54) is 0 Å². The van der Waals surface area contributed by atoms with E-state index in [1.807, 2.05) is 24.3 Å². The molecule has 0 fully saturated rings. The highest BCUT2D eigenvalue weighted by Crippen LogP contribution is 2.11. The largest absolute Gasteiger partial charge is 0.480 e. The van der Waals surface area contributed by atoms with Gasteiger partial charge in [0, 0.05) is 12.2 Å². The van der Waals surface area contributed by atoms with Crippen molar-refractivity contribution in [3.63, 3.8) is 0 Å². The predicted molar refractivity (Wildman–Crippen MR) is 69.1 cm³/mol. The lowest BCUT2D eigenvalue weighted by Gasteiger charge is -2.10. The van der Waals surface area contributed by atoms with Gasteiger partial charge in [-0.3, -0.25) is 4.79 Å². The van der Waals surface area contributed by atoms with Crippen molar-refractivity contribution in [2.24, 2.45) is 11.7 Å². The summed E-state index contributed by atoms with van der Waals surface area (Å²) in [5.41, 5.74) is 7.46. The van der Waals surface area contributed by atoms with Crippen molar-refractivity contribution in [3.8, 4) is 0 Å². The molecule has 4 nitrogen and oxygen atoms in total. The van der Waals surface area contributed by atoms with Crippen molar-refractivity contribution in [1.29, 1.82) is 0 Å². The lowest BCUT2D eigenvalue weighted by atomic mass is 10.1. The molecule has 94 valence electrons. The summed E-state index contributed by atoms with van der Waals surface area (Å²) in [6, 6.07) is 6.89. The molecule has 0 bridgehead atoms. The number of carboxylic acids is 1. The Kier molecular flexibility index (Phi) is 4.97. The van der Waals surface area contributed by atoms with Crippen LogP contribution < -0.4 is 11.1 Å². The molecule has 0 aliphatic rings. The second-order valence-corrected chi connectivity index (χ2v) is 4.62. The summed E-state index contributed by atoms with van der Waals surface area (Å²) in [5, 5.41) is 12.0. The van der Waals surface area contributed by atoms with E-state index in [2.05, 4.69) is 19.2 Å². The number of rotatable bonds is 6. The van der Waals surface area contributed by atoms with Gasteiger partial charge in [-0.25, -0.2) is 0 Å². The first-order valence-corrected chi connectivity index (χ1v) is 5.80. The summed E-state index contributed by atoms with van der Waals surface area (Å²) >= 11 is 0. The summed E-state index contributed by atoms with van der Waals surface area (Å²) in [6.45, 7) is 5.22. The van der Waals surface area contributed by atoms with E-state index in [0.29, 0.717) is 12.3 Å². The summed E-state index contributed by atoms with van der Waals surface area (Å²) in [6.07, 6.45) is 0.361. The molecule has 0 amide bonds. The molecule has 4 N–H and O–H groups in total. The average molecular weight is 236 g/mol. The van der Waals surface area contributed by atoms with Crippen LogP contribution in [0.5, 0.6) is 0 Å². The highest BCUT2D eigenvalue weighted by molar-refractivity contribution is 5.73. The molecular formula is C13H20N2O2. The molecule has 0 saturated heterocycles. The van der Waals surface area contributed by atoms with Crippen LogP contribution >= 0.6 is 0 Å². The van der Waals surface area contributed by atoms with Crippen molar-refractivity contribution < 1.29 is 9.90 Å². The fraction of sp³-hybridized carbons (Fsp3) is 0.462. The number of carbonyl (C=O) groups is 1. The average Bonchev–Trinajstić information content (AvgIpc) is 2.28. The van der Waals surface area contributed by atoms with Crippen LogP contribution in [0.25, 0.3) is 0 Å². The number of nitrogens with two attached hydrogens (primary N) is 1. The van der Waals surface area contributed by atoms with E-state index < -0.39 is 12.0 Å². The van der Waals surface area contributed by atoms with E-state index in [1.54, 1.807) is 0 Å². The zero-order chi connectivity index (χ0) is 12.8. The molecule has 0 aromatic heterocycles. The first-order valence-electron chi connectivity index (χ1n) is 5.80. The highest BCUT2D eigenvalue weighted by Gasteiger charge is 2.11. The van der Waals surface area contributed by atoms with Crippen LogP contribution in [0, 0.1) is 5.92 Å². The quantitative estimate of drug-likeness (QED) is 0.703. The van der Waals surface area contributed by atoms with Gasteiger partial charge in [0.15, 0.2) is 0 Å². The predicted octanol–water partition coefficient (Wildman–Crippen LogP) is 1.71. The van der Waals surface area contributed by atoms with Gasteiger partial charge < -0.3 is 16.2 Å². The molecule has 0 heterocycles. The van der Waals surface area contributed by atoms with Crippen molar-refractivity contribution in [2.75, 3.05) is 11.9 Å².